The molecule has 0 atom stereocenters. The lowest BCUT2D eigenvalue weighted by Crippen LogP contribution is -2.33. The van der Waals surface area contributed by atoms with Gasteiger partial charge in [-0.05, 0) is 30.7 Å². The van der Waals surface area contributed by atoms with E-state index in [1.54, 1.807) is 11.3 Å². The van der Waals surface area contributed by atoms with Gasteiger partial charge < -0.3 is 5.32 Å². The Labute approximate surface area is 111 Å². The van der Waals surface area contributed by atoms with Crippen LogP contribution >= 0.6 is 11.3 Å². The number of hydrogen-bond acceptors (Lipinski definition) is 4. The summed E-state index contributed by atoms with van der Waals surface area (Å²) in [4.78, 5) is 0. The van der Waals surface area contributed by atoms with Gasteiger partial charge in [-0.2, -0.15) is 0 Å². The molecular weight excluding hydrogens is 242 g/mol. The second-order valence-electron chi connectivity index (χ2n) is 4.77. The van der Waals surface area contributed by atoms with Crippen molar-refractivity contribution in [2.24, 2.45) is 0 Å². The molecule has 2 aromatic rings. The Kier molecular flexibility index (Phi) is 3.28. The Bertz CT molecular complexity index is 503. The molecule has 94 valence electrons. The predicted octanol–water partition coefficient (Wildman–Crippen LogP) is 3.46. The van der Waals surface area contributed by atoms with Gasteiger partial charge in [-0.15, -0.1) is 10.2 Å². The Morgan fingerprint density at radius 1 is 1.22 bits per heavy atom. The predicted molar refractivity (Wildman–Crippen MR) is 75.1 cm³/mol. The molecule has 1 aromatic heterocycles. The molecule has 1 saturated carbocycles. The fourth-order valence-corrected chi connectivity index (χ4v) is 3.12. The summed E-state index contributed by atoms with van der Waals surface area (Å²) >= 11 is 1.67. The molecule has 0 radical (unpaired) electrons. The van der Waals surface area contributed by atoms with Crippen LogP contribution in [0.2, 0.25) is 0 Å². The summed E-state index contributed by atoms with van der Waals surface area (Å²) in [7, 11) is 0. The van der Waals surface area contributed by atoms with Crippen LogP contribution in [0.15, 0.2) is 30.3 Å². The van der Waals surface area contributed by atoms with Crippen LogP contribution in [0, 0.1) is 0 Å². The molecule has 0 aliphatic heterocycles. The highest BCUT2D eigenvalue weighted by Crippen LogP contribution is 2.38. The highest BCUT2D eigenvalue weighted by molar-refractivity contribution is 7.15. The molecule has 1 aliphatic carbocycles. The van der Waals surface area contributed by atoms with Crippen LogP contribution in [0.5, 0.6) is 0 Å². The van der Waals surface area contributed by atoms with Crippen molar-refractivity contribution < 1.29 is 0 Å². The van der Waals surface area contributed by atoms with Gasteiger partial charge in [-0.25, -0.2) is 0 Å². The maximum absolute atomic E-state index is 4.16. The molecule has 0 saturated heterocycles. The Balaban J connectivity index is 1.53. The van der Waals surface area contributed by atoms with Crippen LogP contribution in [0.3, 0.4) is 0 Å². The van der Waals surface area contributed by atoms with Gasteiger partial charge in [0.25, 0.3) is 0 Å². The maximum atomic E-state index is 4.16. The fraction of sp³-hybridized carbons (Fsp3) is 0.429. The average Bonchev–Trinajstić information content (AvgIpc) is 2.82. The first-order valence-electron chi connectivity index (χ1n) is 6.49. The molecule has 0 amide bonds. The van der Waals surface area contributed by atoms with Crippen molar-refractivity contribution in [3.63, 3.8) is 0 Å². The summed E-state index contributed by atoms with van der Waals surface area (Å²) in [6, 6.07) is 11.3. The van der Waals surface area contributed by atoms with Crippen LogP contribution in [-0.4, -0.2) is 16.2 Å². The van der Waals surface area contributed by atoms with E-state index in [4.69, 9.17) is 0 Å². The molecule has 18 heavy (non-hydrogen) atoms. The molecule has 3 rings (SSSR count). The number of aromatic nitrogens is 2. The number of rotatable bonds is 4. The third-order valence-electron chi connectivity index (χ3n) is 3.51. The van der Waals surface area contributed by atoms with E-state index in [-0.39, 0.29) is 0 Å². The standard InChI is InChI=1S/C14H17N3S/c1-2-13-16-17-14(18-13)15-12-8-11(9-12)10-6-4-3-5-7-10/h3-7,11-12H,2,8-9H2,1H3,(H,15,17). The first-order valence-corrected chi connectivity index (χ1v) is 7.30. The van der Waals surface area contributed by atoms with E-state index in [0.29, 0.717) is 12.0 Å². The lowest BCUT2D eigenvalue weighted by atomic mass is 9.76. The largest absolute Gasteiger partial charge is 0.357 e. The molecule has 1 fully saturated rings. The van der Waals surface area contributed by atoms with E-state index in [9.17, 15) is 0 Å². The Morgan fingerprint density at radius 2 is 2.00 bits per heavy atom. The molecule has 1 heterocycles. The summed E-state index contributed by atoms with van der Waals surface area (Å²) in [6.07, 6.45) is 3.37. The second kappa shape index (κ2) is 5.06. The van der Waals surface area contributed by atoms with Crippen LogP contribution in [0.1, 0.15) is 36.3 Å². The Morgan fingerprint density at radius 3 is 2.67 bits per heavy atom. The average molecular weight is 259 g/mol. The molecule has 1 aliphatic rings. The van der Waals surface area contributed by atoms with Gasteiger partial charge in [-0.1, -0.05) is 48.6 Å². The van der Waals surface area contributed by atoms with Gasteiger partial charge in [0.1, 0.15) is 5.01 Å². The summed E-state index contributed by atoms with van der Waals surface area (Å²) in [5, 5.41) is 13.9. The van der Waals surface area contributed by atoms with E-state index in [1.807, 2.05) is 0 Å². The van der Waals surface area contributed by atoms with Crippen molar-refractivity contribution in [2.75, 3.05) is 5.32 Å². The molecule has 4 heteroatoms. The first kappa shape index (κ1) is 11.7. The third kappa shape index (κ3) is 2.38. The second-order valence-corrected chi connectivity index (χ2v) is 5.84. The minimum absolute atomic E-state index is 0.563. The number of benzene rings is 1. The quantitative estimate of drug-likeness (QED) is 0.913. The normalized spacial score (nSPS) is 22.5. The topological polar surface area (TPSA) is 37.8 Å². The van der Waals surface area contributed by atoms with Gasteiger partial charge in [0.05, 0.1) is 0 Å². The molecule has 0 unspecified atom stereocenters. The van der Waals surface area contributed by atoms with E-state index in [2.05, 4.69) is 52.8 Å². The van der Waals surface area contributed by atoms with Gasteiger partial charge in [-0.3, -0.25) is 0 Å². The van der Waals surface area contributed by atoms with E-state index >= 15 is 0 Å². The molecular formula is C14H17N3S. The minimum atomic E-state index is 0.563. The SMILES string of the molecule is CCc1nnc(NC2CC(c3ccccc3)C2)s1. The molecule has 0 spiro atoms. The maximum Gasteiger partial charge on any atom is 0.205 e. The highest BCUT2D eigenvalue weighted by Gasteiger charge is 2.30. The van der Waals surface area contributed by atoms with Crippen molar-refractivity contribution in [1.29, 1.82) is 0 Å². The van der Waals surface area contributed by atoms with Gasteiger partial charge in [0, 0.05) is 6.04 Å². The van der Waals surface area contributed by atoms with Crippen LogP contribution < -0.4 is 5.32 Å². The van der Waals surface area contributed by atoms with E-state index < -0.39 is 0 Å². The van der Waals surface area contributed by atoms with Gasteiger partial charge >= 0.3 is 0 Å². The van der Waals surface area contributed by atoms with Gasteiger partial charge in [0.2, 0.25) is 5.13 Å². The minimum Gasteiger partial charge on any atom is -0.357 e. The summed E-state index contributed by atoms with van der Waals surface area (Å²) < 4.78 is 0. The smallest absolute Gasteiger partial charge is 0.205 e. The van der Waals surface area contributed by atoms with Crippen molar-refractivity contribution in [3.05, 3.63) is 40.9 Å². The van der Waals surface area contributed by atoms with Crippen LogP contribution in [-0.2, 0) is 6.42 Å². The third-order valence-corrected chi connectivity index (χ3v) is 4.50. The molecule has 3 nitrogen and oxygen atoms in total. The van der Waals surface area contributed by atoms with Crippen LogP contribution in [0.25, 0.3) is 0 Å². The summed E-state index contributed by atoms with van der Waals surface area (Å²) in [6.45, 7) is 2.11. The van der Waals surface area contributed by atoms with Crippen LogP contribution in [0.4, 0.5) is 5.13 Å². The van der Waals surface area contributed by atoms with Crippen molar-refractivity contribution in [1.82, 2.24) is 10.2 Å². The first-order chi connectivity index (χ1) is 8.85. The van der Waals surface area contributed by atoms with Crippen molar-refractivity contribution in [2.45, 2.75) is 38.1 Å². The zero-order chi connectivity index (χ0) is 12.4. The van der Waals surface area contributed by atoms with E-state index in [1.165, 1.54) is 18.4 Å². The monoisotopic (exact) mass is 259 g/mol. The molecule has 1 aromatic carbocycles. The van der Waals surface area contributed by atoms with E-state index in [0.717, 1.165) is 16.6 Å². The Hall–Kier alpha value is -1.42. The highest BCUT2D eigenvalue weighted by atomic mass is 32.1. The number of anilines is 1. The lowest BCUT2D eigenvalue weighted by molar-refractivity contribution is 0.374. The molecule has 0 bridgehead atoms. The lowest BCUT2D eigenvalue weighted by Gasteiger charge is -2.36. The van der Waals surface area contributed by atoms with Crippen molar-refractivity contribution in [3.8, 4) is 0 Å². The zero-order valence-electron chi connectivity index (χ0n) is 10.5. The number of nitrogens with one attached hydrogen (secondary N) is 1. The number of nitrogens with zero attached hydrogens (tertiary/aromatic N) is 2. The summed E-state index contributed by atoms with van der Waals surface area (Å²) in [5.41, 5.74) is 1.46. The number of hydrogen-bond donors (Lipinski definition) is 1. The number of aryl methyl sites for hydroxylation is 1. The molecule has 1 N–H and O–H groups in total. The fourth-order valence-electron chi connectivity index (χ4n) is 2.36. The zero-order valence-corrected chi connectivity index (χ0v) is 11.3. The van der Waals surface area contributed by atoms with Crippen molar-refractivity contribution >= 4 is 16.5 Å². The van der Waals surface area contributed by atoms with Gasteiger partial charge in [0.15, 0.2) is 0 Å². The summed E-state index contributed by atoms with van der Waals surface area (Å²) in [5.74, 6) is 0.710.